The van der Waals surface area contributed by atoms with Crippen LogP contribution < -0.4 is 40.7 Å². The largest absolute Gasteiger partial charge is 2.00 e. The molecule has 2 aliphatic heterocycles. The summed E-state index contributed by atoms with van der Waals surface area (Å²) in [6.45, 7) is 0. The van der Waals surface area contributed by atoms with Crippen LogP contribution >= 0.6 is 21.7 Å². The summed E-state index contributed by atoms with van der Waals surface area (Å²) in [4.78, 5) is 44.2. The van der Waals surface area contributed by atoms with Crippen LogP contribution in [0.5, 0.6) is 0 Å². The first kappa shape index (κ1) is 80.0. The zero-order valence-corrected chi connectivity index (χ0v) is 59.2. The summed E-state index contributed by atoms with van der Waals surface area (Å²) >= 11 is 0. The summed E-state index contributed by atoms with van der Waals surface area (Å²) in [7, 11) is 8.22. The maximum atomic E-state index is 9.28. The predicted octanol–water partition coefficient (Wildman–Crippen LogP) is 19.7. The second-order valence-corrected chi connectivity index (χ2v) is 21.1. The van der Waals surface area contributed by atoms with Crippen molar-refractivity contribution in [3.63, 3.8) is 0 Å². The summed E-state index contributed by atoms with van der Waals surface area (Å²) in [5.41, 5.74) is 18.1. The topological polar surface area (TPSA) is 376 Å². The number of aromatic nitrogens is 8. The maximum absolute atomic E-state index is 9.28. The molecule has 10 aromatic carbocycles. The first-order valence-corrected chi connectivity index (χ1v) is 30.9. The molecule has 21 heteroatoms. The summed E-state index contributed by atoms with van der Waals surface area (Å²) in [5, 5.41) is 30.6. The van der Waals surface area contributed by atoms with Gasteiger partial charge in [0.15, 0.2) is 0 Å². The standard InChI is InChI=1S/C64H40N8.C16H10N2.Cl2.N2.5H3N.2Ru/c1-9-25-41(26-10-1)49-50(42-27-11-2-12-28-42)58-65-57(49)69-59-51(43-29-13-3-14-30-43)52(44-31-15-4-16-32-44)61(66-59)71-63-55(47-37-21-7-22-38-47)56(48-39-23-8-24-40-48)64(68-63)72-62-54(46-35-19-6-20-36-46)53(60(67-62)70-58)45-33-17-5-18-34-45;17-11-15(13-7-3-1-4-8-13)16(12-18)14-9-5-2-6-10-14;2*1-2;;;;;;;/h1-40H;1-10H;;;5*1H3;;/q-2;;;;;;;;;;+2/b;16-15+;;;;;;;;;. The van der Waals surface area contributed by atoms with Crippen LogP contribution in [0.3, 0.4) is 0 Å². The van der Waals surface area contributed by atoms with E-state index >= 15 is 0 Å². The Kier molecular flexibility index (Phi) is 30.4. The van der Waals surface area contributed by atoms with Crippen molar-refractivity contribution >= 4 is 77.7 Å². The van der Waals surface area contributed by atoms with Crippen molar-refractivity contribution in [1.82, 2.24) is 70.6 Å². The van der Waals surface area contributed by atoms with Gasteiger partial charge in [-0.05, 0) is 55.6 Å². The van der Waals surface area contributed by atoms with Gasteiger partial charge in [0.05, 0.1) is 34.4 Å². The summed E-state index contributed by atoms with van der Waals surface area (Å²) in [5.74, 6) is 1.83. The summed E-state index contributed by atoms with van der Waals surface area (Å²) in [6.07, 6.45) is 0. The van der Waals surface area contributed by atoms with Crippen molar-refractivity contribution in [2.75, 3.05) is 0 Å². The average molecular weight is 1540 g/mol. The number of allylic oxidation sites excluding steroid dienone is 2. The van der Waals surface area contributed by atoms with Crippen molar-refractivity contribution in [2.24, 2.45) is 0 Å². The quantitative estimate of drug-likeness (QED) is 0.0367. The van der Waals surface area contributed by atoms with E-state index in [0.717, 1.165) is 100 Å². The van der Waals surface area contributed by atoms with E-state index in [4.69, 9.17) is 50.7 Å². The van der Waals surface area contributed by atoms with Gasteiger partial charge in [-0.25, -0.2) is 9.97 Å². The van der Waals surface area contributed by atoms with Gasteiger partial charge in [0.2, 0.25) is 0 Å². The van der Waals surface area contributed by atoms with Crippen LogP contribution in [-0.2, 0) is 39.0 Å². The second-order valence-electron chi connectivity index (χ2n) is 21.1. The van der Waals surface area contributed by atoms with Gasteiger partial charge in [-0.3, -0.25) is 0 Å². The fourth-order valence-corrected chi connectivity index (χ4v) is 11.6. The molecule has 0 spiro atoms. The Morgan fingerprint density at radius 2 is 0.416 bits per heavy atom. The minimum absolute atomic E-state index is 0. The molecule has 0 unspecified atom stereocenters. The Morgan fingerprint density at radius 1 is 0.257 bits per heavy atom. The predicted molar refractivity (Wildman–Crippen MR) is 399 cm³/mol. The van der Waals surface area contributed by atoms with E-state index in [-0.39, 0.29) is 69.7 Å². The molecule has 2 aliphatic rings. The fraction of sp³-hybridized carbons (Fsp3) is 0. The number of nitriles is 2. The Labute approximate surface area is 620 Å². The van der Waals surface area contributed by atoms with Crippen molar-refractivity contribution < 1.29 is 39.0 Å². The molecule has 0 saturated heterocycles. The molecule has 101 heavy (non-hydrogen) atoms. The summed E-state index contributed by atoms with van der Waals surface area (Å²) in [6, 6.07) is 105. The van der Waals surface area contributed by atoms with E-state index in [0.29, 0.717) is 57.0 Å². The number of nitrogens with zero attached hydrogens (tertiary/aromatic N) is 12. The molecule has 17 nitrogen and oxygen atoms in total. The number of benzene rings is 10. The molecular weight excluding hydrogens is 1470 g/mol. The zero-order valence-electron chi connectivity index (χ0n) is 54.2. The molecule has 0 amide bonds. The van der Waals surface area contributed by atoms with E-state index in [1.807, 2.05) is 206 Å². The van der Waals surface area contributed by atoms with E-state index in [2.05, 4.69) is 131 Å². The van der Waals surface area contributed by atoms with Crippen molar-refractivity contribution in [3.05, 3.63) is 360 Å². The van der Waals surface area contributed by atoms with Crippen LogP contribution in [0, 0.1) is 33.4 Å². The number of hydrogen-bond donors (Lipinski definition) is 5. The number of rotatable bonds is 10. The molecule has 15 rings (SSSR count). The van der Waals surface area contributed by atoms with Gasteiger partial charge in [-0.1, -0.05) is 303 Å². The zero-order chi connectivity index (χ0) is 64.6. The SMILES string of the molecule is ClCl.N.N.N.N.N.N#C/C(=C(/C#N)c1ccccc1)c1ccccc1.N#N.[Ru+2].[Ru].c1ccc(C2=C(c3ccccc3)c3nc2nc2[n-]c(nc4nc(nc5[n-]c(n3)c(-c3ccccc3)c5-c3ccccc3)C(c3ccccc3)=C4c3ccccc3)c(-c3ccccc3)c2-c2ccccc2)cc1. The van der Waals surface area contributed by atoms with Crippen molar-refractivity contribution in [3.8, 4) is 56.6 Å². The average Bonchev–Trinajstić information content (AvgIpc) is 1.59. The van der Waals surface area contributed by atoms with E-state index in [1.165, 1.54) is 0 Å². The third kappa shape index (κ3) is 17.1. The van der Waals surface area contributed by atoms with Gasteiger partial charge in [-0.15, -0.1) is 0 Å². The molecule has 13 aromatic rings. The van der Waals surface area contributed by atoms with Gasteiger partial charge in [0.25, 0.3) is 0 Å². The van der Waals surface area contributed by atoms with Gasteiger partial charge >= 0.3 is 19.5 Å². The molecule has 0 saturated carbocycles. The van der Waals surface area contributed by atoms with E-state index < -0.39 is 0 Å². The first-order valence-electron chi connectivity index (χ1n) is 29.7. The molecule has 3 aromatic heterocycles. The Morgan fingerprint density at radius 3 is 0.584 bits per heavy atom. The molecule has 0 aliphatic carbocycles. The normalized spacial score (nSPS) is 10.8. The van der Waals surface area contributed by atoms with Crippen molar-refractivity contribution in [1.29, 1.82) is 21.3 Å². The first-order chi connectivity index (χ1) is 46.6. The second kappa shape index (κ2) is 38.4. The minimum atomic E-state index is 0. The molecule has 8 bridgehead atoms. The minimum Gasteiger partial charge on any atom is -0.357 e. The van der Waals surface area contributed by atoms with E-state index in [9.17, 15) is 10.5 Å². The van der Waals surface area contributed by atoms with Crippen LogP contribution in [0.1, 0.15) is 56.7 Å². The monoisotopic (exact) mass is 1540 g/mol. The van der Waals surface area contributed by atoms with Crippen LogP contribution in [0.15, 0.2) is 303 Å². The third-order valence-corrected chi connectivity index (χ3v) is 15.6. The van der Waals surface area contributed by atoms with Gasteiger partial charge < -0.3 is 60.7 Å². The Hall–Kier alpha value is -11.7. The number of hydrogen-bond acceptors (Lipinski definition) is 15. The van der Waals surface area contributed by atoms with Crippen LogP contribution in [0.4, 0.5) is 0 Å². The fourth-order valence-electron chi connectivity index (χ4n) is 11.6. The van der Waals surface area contributed by atoms with Gasteiger partial charge in [-0.2, -0.15) is 10.5 Å². The van der Waals surface area contributed by atoms with Crippen molar-refractivity contribution in [2.45, 2.75) is 0 Å². The Bertz CT molecular complexity index is 4640. The number of halogens is 2. The summed E-state index contributed by atoms with van der Waals surface area (Å²) < 4.78 is 0. The van der Waals surface area contributed by atoms with Crippen LogP contribution in [0.25, 0.3) is 101 Å². The van der Waals surface area contributed by atoms with Crippen LogP contribution in [0.2, 0.25) is 0 Å². The molecular formula is C80H65Cl2N17Ru2. The number of fused-ring (bicyclic) bond motifs is 8. The van der Waals surface area contributed by atoms with E-state index in [1.54, 1.807) is 0 Å². The van der Waals surface area contributed by atoms with Gasteiger partial charge in [0.1, 0.15) is 12.1 Å². The molecule has 0 fully saturated rings. The third-order valence-electron chi connectivity index (χ3n) is 15.6. The molecule has 0 radical (unpaired) electrons. The maximum Gasteiger partial charge on any atom is 2.00 e. The molecule has 0 atom stereocenters. The molecule has 5 heterocycles. The van der Waals surface area contributed by atoms with Crippen LogP contribution in [-0.4, -0.2) is 29.9 Å². The molecule has 500 valence electrons. The molecule has 15 N–H and O–H groups in total. The Balaban J connectivity index is 0.000000550. The smallest absolute Gasteiger partial charge is 0.357 e. The van der Waals surface area contributed by atoms with Gasteiger partial charge in [0, 0.05) is 119 Å².